The molecule has 0 unspecified atom stereocenters. The van der Waals surface area contributed by atoms with Gasteiger partial charge in [0.25, 0.3) is 0 Å². The molecule has 110 valence electrons. The van der Waals surface area contributed by atoms with Crippen molar-refractivity contribution in [3.8, 4) is 5.75 Å². The maximum absolute atomic E-state index is 13.3. The van der Waals surface area contributed by atoms with E-state index in [1.807, 2.05) is 13.0 Å². The molecule has 0 saturated carbocycles. The highest BCUT2D eigenvalue weighted by molar-refractivity contribution is 5.95. The van der Waals surface area contributed by atoms with E-state index in [1.165, 1.54) is 19.2 Å². The predicted octanol–water partition coefficient (Wildman–Crippen LogP) is 3.24. The quantitative estimate of drug-likeness (QED) is 0.848. The van der Waals surface area contributed by atoms with E-state index in [0.717, 1.165) is 5.56 Å². The minimum absolute atomic E-state index is 0.191. The van der Waals surface area contributed by atoms with Crippen LogP contribution in [0.4, 0.5) is 10.1 Å². The van der Waals surface area contributed by atoms with E-state index in [0.29, 0.717) is 16.8 Å². The largest absolute Gasteiger partial charge is 0.505 e. The molecule has 4 nitrogen and oxygen atoms in total. The minimum Gasteiger partial charge on any atom is -0.505 e. The summed E-state index contributed by atoms with van der Waals surface area (Å²) in [6, 6.07) is 9.61. The third-order valence-electron chi connectivity index (χ3n) is 3.12. The van der Waals surface area contributed by atoms with Crippen molar-refractivity contribution in [1.82, 2.24) is 0 Å². The Morgan fingerprint density at radius 1 is 1.33 bits per heavy atom. The van der Waals surface area contributed by atoms with Crippen molar-refractivity contribution >= 4 is 11.7 Å². The van der Waals surface area contributed by atoms with Gasteiger partial charge in [-0.3, -0.25) is 0 Å². The normalized spacial score (nSPS) is 10.2. The number of esters is 1. The van der Waals surface area contributed by atoms with Gasteiger partial charge in [-0.15, -0.1) is 0 Å². The van der Waals surface area contributed by atoms with Crippen LogP contribution in [0.2, 0.25) is 0 Å². The third-order valence-corrected chi connectivity index (χ3v) is 3.12. The second kappa shape index (κ2) is 6.26. The lowest BCUT2D eigenvalue weighted by atomic mass is 10.1. The van der Waals surface area contributed by atoms with Crippen LogP contribution in [-0.2, 0) is 11.3 Å². The van der Waals surface area contributed by atoms with Gasteiger partial charge in [0.15, 0.2) is 11.6 Å². The van der Waals surface area contributed by atoms with Crippen LogP contribution in [0.5, 0.6) is 5.75 Å². The SMILES string of the molecule is COC(=O)c1cc(C)ccc1NCc1cccc(F)c1O. The van der Waals surface area contributed by atoms with Crippen molar-refractivity contribution in [2.24, 2.45) is 0 Å². The van der Waals surface area contributed by atoms with Gasteiger partial charge in [-0.05, 0) is 25.1 Å². The Kier molecular flexibility index (Phi) is 4.42. The fraction of sp³-hybridized carbons (Fsp3) is 0.188. The number of anilines is 1. The maximum Gasteiger partial charge on any atom is 0.339 e. The first-order valence-electron chi connectivity index (χ1n) is 6.42. The van der Waals surface area contributed by atoms with Gasteiger partial charge in [0.1, 0.15) is 0 Å². The molecule has 0 fully saturated rings. The van der Waals surface area contributed by atoms with E-state index in [1.54, 1.807) is 18.2 Å². The number of benzene rings is 2. The Bertz CT molecular complexity index is 671. The van der Waals surface area contributed by atoms with Crippen molar-refractivity contribution in [3.63, 3.8) is 0 Å². The van der Waals surface area contributed by atoms with Gasteiger partial charge >= 0.3 is 5.97 Å². The van der Waals surface area contributed by atoms with E-state index in [2.05, 4.69) is 5.32 Å². The van der Waals surface area contributed by atoms with Gasteiger partial charge in [-0.1, -0.05) is 23.8 Å². The molecule has 2 aromatic rings. The summed E-state index contributed by atoms with van der Waals surface area (Å²) in [6.45, 7) is 2.06. The van der Waals surface area contributed by atoms with Gasteiger partial charge in [0, 0.05) is 17.8 Å². The molecule has 0 heterocycles. The van der Waals surface area contributed by atoms with E-state index in [-0.39, 0.29) is 6.54 Å². The average molecular weight is 289 g/mol. The number of hydrogen-bond donors (Lipinski definition) is 2. The van der Waals surface area contributed by atoms with E-state index >= 15 is 0 Å². The van der Waals surface area contributed by atoms with Crippen LogP contribution in [0.25, 0.3) is 0 Å². The number of hydrogen-bond acceptors (Lipinski definition) is 4. The molecule has 0 aromatic heterocycles. The molecule has 21 heavy (non-hydrogen) atoms. The first-order valence-corrected chi connectivity index (χ1v) is 6.42. The van der Waals surface area contributed by atoms with E-state index < -0.39 is 17.5 Å². The molecule has 2 N–H and O–H groups in total. The number of ether oxygens (including phenoxy) is 1. The van der Waals surface area contributed by atoms with Gasteiger partial charge in [0.2, 0.25) is 0 Å². The number of aryl methyl sites for hydroxylation is 1. The molecule has 0 spiro atoms. The number of methoxy groups -OCH3 is 1. The van der Waals surface area contributed by atoms with E-state index in [9.17, 15) is 14.3 Å². The smallest absolute Gasteiger partial charge is 0.339 e. The number of phenols is 1. The zero-order valence-corrected chi connectivity index (χ0v) is 11.8. The maximum atomic E-state index is 13.3. The summed E-state index contributed by atoms with van der Waals surface area (Å²) in [5.74, 6) is -1.52. The predicted molar refractivity (Wildman–Crippen MR) is 77.9 cm³/mol. The highest BCUT2D eigenvalue weighted by Gasteiger charge is 2.13. The van der Waals surface area contributed by atoms with Crippen LogP contribution >= 0.6 is 0 Å². The molecule has 5 heteroatoms. The average Bonchev–Trinajstić information content (AvgIpc) is 2.49. The summed E-state index contributed by atoms with van der Waals surface area (Å²) in [5.41, 5.74) is 2.30. The summed E-state index contributed by atoms with van der Waals surface area (Å²) in [6.07, 6.45) is 0. The fourth-order valence-electron chi connectivity index (χ4n) is 1.98. The number of para-hydroxylation sites is 1. The molecule has 0 aliphatic carbocycles. The molecule has 0 amide bonds. The third kappa shape index (κ3) is 3.31. The van der Waals surface area contributed by atoms with E-state index in [4.69, 9.17) is 4.74 Å². The Morgan fingerprint density at radius 3 is 2.81 bits per heavy atom. The minimum atomic E-state index is -0.675. The van der Waals surface area contributed by atoms with Crippen molar-refractivity contribution in [1.29, 1.82) is 0 Å². The standard InChI is InChI=1S/C16H16FNO3/c1-10-6-7-14(12(8-10)16(20)21-2)18-9-11-4-3-5-13(17)15(11)19/h3-8,18-19H,9H2,1-2H3. The number of carbonyl (C=O) groups is 1. The summed E-state index contributed by atoms with van der Waals surface area (Å²) in [4.78, 5) is 11.7. The number of halogens is 1. The summed E-state index contributed by atoms with van der Waals surface area (Å²) < 4.78 is 18.0. The second-order valence-corrected chi connectivity index (χ2v) is 4.64. The Morgan fingerprint density at radius 2 is 2.10 bits per heavy atom. The number of aromatic hydroxyl groups is 1. The molecule has 2 aromatic carbocycles. The zero-order valence-electron chi connectivity index (χ0n) is 11.8. The zero-order chi connectivity index (χ0) is 15.4. The first kappa shape index (κ1) is 14.8. The molecule has 0 saturated heterocycles. The van der Waals surface area contributed by atoms with Crippen LogP contribution in [0, 0.1) is 12.7 Å². The summed E-state index contributed by atoms with van der Waals surface area (Å²) in [5, 5.41) is 12.7. The molecule has 0 atom stereocenters. The molecule has 0 aliphatic rings. The van der Waals surface area contributed by atoms with Crippen LogP contribution in [-0.4, -0.2) is 18.2 Å². The number of nitrogens with one attached hydrogen (secondary N) is 1. The molecular formula is C16H16FNO3. The van der Waals surface area contributed by atoms with Crippen LogP contribution in [0.3, 0.4) is 0 Å². The first-order chi connectivity index (χ1) is 10.0. The lowest BCUT2D eigenvalue weighted by molar-refractivity contribution is 0.0601. The Balaban J connectivity index is 2.24. The molecule has 0 bridgehead atoms. The fourth-order valence-corrected chi connectivity index (χ4v) is 1.98. The Labute approximate surface area is 122 Å². The number of rotatable bonds is 4. The second-order valence-electron chi connectivity index (χ2n) is 4.64. The molecule has 2 rings (SSSR count). The van der Waals surface area contributed by atoms with Crippen molar-refractivity contribution < 1.29 is 19.0 Å². The van der Waals surface area contributed by atoms with Crippen LogP contribution in [0.15, 0.2) is 36.4 Å². The molecule has 0 radical (unpaired) electrons. The van der Waals surface area contributed by atoms with Gasteiger partial charge in [-0.2, -0.15) is 0 Å². The van der Waals surface area contributed by atoms with Crippen molar-refractivity contribution in [2.45, 2.75) is 13.5 Å². The summed E-state index contributed by atoms with van der Waals surface area (Å²) in [7, 11) is 1.31. The molecular weight excluding hydrogens is 273 g/mol. The highest BCUT2D eigenvalue weighted by Crippen LogP contribution is 2.24. The van der Waals surface area contributed by atoms with Crippen molar-refractivity contribution in [2.75, 3.05) is 12.4 Å². The lowest BCUT2D eigenvalue weighted by Gasteiger charge is -2.12. The van der Waals surface area contributed by atoms with Crippen LogP contribution in [0.1, 0.15) is 21.5 Å². The van der Waals surface area contributed by atoms with Gasteiger partial charge < -0.3 is 15.2 Å². The summed E-state index contributed by atoms with van der Waals surface area (Å²) >= 11 is 0. The lowest BCUT2D eigenvalue weighted by Crippen LogP contribution is -2.09. The number of phenolic OH excluding ortho intramolecular Hbond substituents is 1. The Hall–Kier alpha value is -2.56. The number of carbonyl (C=O) groups excluding carboxylic acids is 1. The molecule has 0 aliphatic heterocycles. The van der Waals surface area contributed by atoms with Crippen molar-refractivity contribution in [3.05, 3.63) is 58.9 Å². The van der Waals surface area contributed by atoms with Gasteiger partial charge in [0.05, 0.1) is 12.7 Å². The van der Waals surface area contributed by atoms with Crippen LogP contribution < -0.4 is 5.32 Å². The monoisotopic (exact) mass is 289 g/mol. The topological polar surface area (TPSA) is 58.6 Å². The van der Waals surface area contributed by atoms with Gasteiger partial charge in [-0.25, -0.2) is 9.18 Å². The highest BCUT2D eigenvalue weighted by atomic mass is 19.1.